The second kappa shape index (κ2) is 16.6. The van der Waals surface area contributed by atoms with E-state index in [9.17, 15) is 20.4 Å². The van der Waals surface area contributed by atoms with E-state index in [0.717, 1.165) is 75.3 Å². The van der Waals surface area contributed by atoms with Gasteiger partial charge in [-0.05, 0) is 82.6 Å². The van der Waals surface area contributed by atoms with E-state index in [-0.39, 0.29) is 42.0 Å². The topological polar surface area (TPSA) is 118 Å². The van der Waals surface area contributed by atoms with Crippen molar-refractivity contribution in [2.24, 2.45) is 0 Å². The molecule has 0 saturated carbocycles. The number of hydrogen-bond donors (Lipinski definition) is 4. The van der Waals surface area contributed by atoms with E-state index in [4.69, 9.17) is 18.9 Å². The van der Waals surface area contributed by atoms with Gasteiger partial charge in [-0.1, -0.05) is 44.0 Å². The first-order valence-corrected chi connectivity index (χ1v) is 15.8. The minimum absolute atomic E-state index is 0.00446. The van der Waals surface area contributed by atoms with Crippen molar-refractivity contribution >= 4 is 0 Å². The van der Waals surface area contributed by atoms with Crippen LogP contribution < -0.4 is 0 Å². The normalized spacial score (nSPS) is 27.9. The minimum atomic E-state index is -0.555. The number of benzene rings is 2. The summed E-state index contributed by atoms with van der Waals surface area (Å²) < 4.78 is 25.1. The Hall–Kier alpha value is -2.20. The number of aliphatic hydroxyl groups excluding tert-OH is 2. The maximum Gasteiger partial charge on any atom is 0.184 e. The van der Waals surface area contributed by atoms with Gasteiger partial charge in [-0.15, -0.1) is 0 Å². The molecule has 2 aliphatic rings. The lowest BCUT2D eigenvalue weighted by atomic mass is 9.95. The second-order valence-corrected chi connectivity index (χ2v) is 12.1. The molecule has 0 radical (unpaired) electrons. The van der Waals surface area contributed by atoms with Crippen LogP contribution in [0.15, 0.2) is 48.5 Å². The molecule has 8 nitrogen and oxygen atoms in total. The Morgan fingerprint density at radius 1 is 0.690 bits per heavy atom. The number of aliphatic hydroxyl groups is 2. The lowest BCUT2D eigenvalue weighted by molar-refractivity contribution is -0.254. The van der Waals surface area contributed by atoms with Crippen LogP contribution in [0.4, 0.5) is 0 Å². The first kappa shape index (κ1) is 32.7. The van der Waals surface area contributed by atoms with Crippen molar-refractivity contribution in [2.75, 3.05) is 0 Å². The molecule has 2 fully saturated rings. The fourth-order valence-electron chi connectivity index (χ4n) is 6.01. The predicted octanol–water partition coefficient (Wildman–Crippen LogP) is 6.81. The maximum absolute atomic E-state index is 11.0. The number of ether oxygens (including phenoxy) is 4. The van der Waals surface area contributed by atoms with Crippen LogP contribution in [0.5, 0.6) is 11.5 Å². The van der Waals surface area contributed by atoms with E-state index in [1.807, 2.05) is 12.1 Å². The molecule has 2 aromatic carbocycles. The van der Waals surface area contributed by atoms with Crippen molar-refractivity contribution in [2.45, 2.75) is 140 Å². The summed E-state index contributed by atoms with van der Waals surface area (Å²) >= 11 is 0. The number of rotatable bonds is 15. The average molecular weight is 587 g/mol. The Morgan fingerprint density at radius 2 is 1.17 bits per heavy atom. The molecule has 2 heterocycles. The summed E-state index contributed by atoms with van der Waals surface area (Å²) in [6.07, 6.45) is 7.78. The molecule has 0 aliphatic carbocycles. The zero-order valence-electron chi connectivity index (χ0n) is 25.1. The fourth-order valence-corrected chi connectivity index (χ4v) is 6.01. The van der Waals surface area contributed by atoms with E-state index >= 15 is 0 Å². The first-order valence-electron chi connectivity index (χ1n) is 15.8. The average Bonchev–Trinajstić information content (AvgIpc) is 2.96. The molecule has 0 aromatic heterocycles. The molecule has 4 N–H and O–H groups in total. The number of phenolic OH excluding ortho intramolecular Hbond substituents is 2. The predicted molar refractivity (Wildman–Crippen MR) is 160 cm³/mol. The second-order valence-electron chi connectivity index (χ2n) is 12.1. The Balaban J connectivity index is 1.30. The summed E-state index contributed by atoms with van der Waals surface area (Å²) in [6.45, 7) is 3.97. The van der Waals surface area contributed by atoms with E-state index in [0.29, 0.717) is 12.8 Å². The Bertz CT molecular complexity index is 1060. The van der Waals surface area contributed by atoms with Gasteiger partial charge in [-0.2, -0.15) is 0 Å². The van der Waals surface area contributed by atoms with Crippen LogP contribution in [-0.4, -0.2) is 57.0 Å². The van der Waals surface area contributed by atoms with Gasteiger partial charge in [0, 0.05) is 24.0 Å². The van der Waals surface area contributed by atoms with Crippen LogP contribution in [0.25, 0.3) is 0 Å². The monoisotopic (exact) mass is 586 g/mol. The first-order chi connectivity index (χ1) is 20.3. The van der Waals surface area contributed by atoms with E-state index in [1.165, 1.54) is 0 Å². The molecule has 2 aromatic rings. The third-order valence-electron chi connectivity index (χ3n) is 8.23. The highest BCUT2D eigenvalue weighted by Gasteiger charge is 2.33. The quantitative estimate of drug-likeness (QED) is 0.180. The van der Waals surface area contributed by atoms with Crippen molar-refractivity contribution < 1.29 is 39.4 Å². The number of aromatic hydroxyl groups is 2. The molecule has 8 heteroatoms. The van der Waals surface area contributed by atoms with Gasteiger partial charge in [0.15, 0.2) is 12.6 Å². The number of hydrogen-bond acceptors (Lipinski definition) is 8. The molecule has 8 atom stereocenters. The van der Waals surface area contributed by atoms with Crippen molar-refractivity contribution in [3.63, 3.8) is 0 Å². The molecule has 2 aliphatic heterocycles. The van der Waals surface area contributed by atoms with Gasteiger partial charge in [0.1, 0.15) is 11.5 Å². The lowest BCUT2D eigenvalue weighted by Crippen LogP contribution is -2.36. The fraction of sp³-hybridized carbons (Fsp3) is 0.647. The van der Waals surface area contributed by atoms with Crippen molar-refractivity contribution in [3.05, 3.63) is 59.7 Å². The van der Waals surface area contributed by atoms with Crippen molar-refractivity contribution in [1.29, 1.82) is 0 Å². The van der Waals surface area contributed by atoms with Crippen molar-refractivity contribution in [1.82, 2.24) is 0 Å². The van der Waals surface area contributed by atoms with Gasteiger partial charge in [0.25, 0.3) is 0 Å². The zero-order valence-corrected chi connectivity index (χ0v) is 25.1. The van der Waals surface area contributed by atoms with Crippen molar-refractivity contribution in [3.8, 4) is 11.5 Å². The molecule has 234 valence electrons. The summed E-state index contributed by atoms with van der Waals surface area (Å²) in [5.41, 5.74) is 1.58. The van der Waals surface area contributed by atoms with Gasteiger partial charge in [-0.25, -0.2) is 0 Å². The highest BCUT2D eigenvalue weighted by molar-refractivity contribution is 5.29. The van der Waals surface area contributed by atoms with Gasteiger partial charge < -0.3 is 39.4 Å². The van der Waals surface area contributed by atoms with Crippen LogP contribution in [0.3, 0.4) is 0 Å². The lowest BCUT2D eigenvalue weighted by Gasteiger charge is -2.37. The highest BCUT2D eigenvalue weighted by Crippen LogP contribution is 2.37. The van der Waals surface area contributed by atoms with Gasteiger partial charge in [0.2, 0.25) is 0 Å². The van der Waals surface area contributed by atoms with Crippen LogP contribution in [0.1, 0.15) is 115 Å². The van der Waals surface area contributed by atoms with Crippen LogP contribution in [0.2, 0.25) is 0 Å². The minimum Gasteiger partial charge on any atom is -0.508 e. The van der Waals surface area contributed by atoms with Crippen LogP contribution >= 0.6 is 0 Å². The largest absolute Gasteiger partial charge is 0.508 e. The molecule has 4 rings (SSSR count). The van der Waals surface area contributed by atoms with E-state index in [2.05, 4.69) is 6.92 Å². The van der Waals surface area contributed by atoms with E-state index < -0.39 is 18.7 Å². The van der Waals surface area contributed by atoms with Gasteiger partial charge in [-0.3, -0.25) is 0 Å². The van der Waals surface area contributed by atoms with E-state index in [1.54, 1.807) is 43.3 Å². The highest BCUT2D eigenvalue weighted by atomic mass is 16.7. The molecule has 2 saturated heterocycles. The molecular formula is C34H50O8. The molecular weight excluding hydrogens is 536 g/mol. The summed E-state index contributed by atoms with van der Waals surface area (Å²) in [4.78, 5) is 0. The Labute approximate surface area is 250 Å². The third kappa shape index (κ3) is 10.5. The molecule has 8 unspecified atom stereocenters. The standard InChI is InChI=1S/C34H50O8/c1-3-4-15-29-22-32(42-34(39-29)25-11-7-13-27(37)19-25)20-28(38)14-8-17-31-21-30(16-5-9-23(2)35)40-33(41-31)24-10-6-12-26(36)18-24/h6-7,10-13,18-19,23,28-38H,3-5,8-9,14-17,20-22H2,1-2H3. The van der Waals surface area contributed by atoms with Crippen LogP contribution in [0, 0.1) is 0 Å². The summed E-state index contributed by atoms with van der Waals surface area (Å²) in [5, 5.41) is 40.6. The number of phenols is 2. The Kier molecular flexibility index (Phi) is 12.9. The van der Waals surface area contributed by atoms with Crippen LogP contribution in [-0.2, 0) is 18.9 Å². The molecule has 42 heavy (non-hydrogen) atoms. The summed E-state index contributed by atoms with van der Waals surface area (Å²) in [5.74, 6) is 0.355. The molecule has 0 spiro atoms. The maximum atomic E-state index is 11.0. The number of unbranched alkanes of at least 4 members (excludes halogenated alkanes) is 1. The Morgan fingerprint density at radius 3 is 1.67 bits per heavy atom. The summed E-state index contributed by atoms with van der Waals surface area (Å²) in [6, 6.07) is 14.0. The van der Waals surface area contributed by atoms with Gasteiger partial charge in [0.05, 0.1) is 36.6 Å². The molecule has 0 bridgehead atoms. The third-order valence-corrected chi connectivity index (χ3v) is 8.23. The molecule has 0 amide bonds. The summed E-state index contributed by atoms with van der Waals surface area (Å²) in [7, 11) is 0. The SMILES string of the molecule is CCCCC1CC(CC(O)CCCC2CC(CCCC(C)O)OC(c3cccc(O)c3)O2)OC(c2cccc(O)c2)O1. The zero-order chi connectivity index (χ0) is 29.9. The van der Waals surface area contributed by atoms with Gasteiger partial charge >= 0.3 is 0 Å². The smallest absolute Gasteiger partial charge is 0.184 e.